The molecule has 0 saturated carbocycles. The zero-order chi connectivity index (χ0) is 18.4. The molecule has 0 atom stereocenters. The van der Waals surface area contributed by atoms with Crippen LogP contribution in [0.25, 0.3) is 10.9 Å². The van der Waals surface area contributed by atoms with Crippen LogP contribution in [0.15, 0.2) is 53.7 Å². The molecule has 0 radical (unpaired) electrons. The number of hydrogen-bond acceptors (Lipinski definition) is 1. The van der Waals surface area contributed by atoms with Crippen molar-refractivity contribution in [3.8, 4) is 0 Å². The summed E-state index contributed by atoms with van der Waals surface area (Å²) in [5, 5.41) is 7.40. The fourth-order valence-electron chi connectivity index (χ4n) is 2.87. The molecule has 0 saturated heterocycles. The van der Waals surface area contributed by atoms with Crippen LogP contribution in [0.2, 0.25) is 0 Å². The van der Waals surface area contributed by atoms with Crippen LogP contribution in [-0.2, 0) is 12.8 Å². The average molecular weight is 356 g/mol. The highest BCUT2D eigenvalue weighted by Crippen LogP contribution is 2.19. The Morgan fingerprint density at radius 2 is 1.65 bits per heavy atom. The fraction of sp³-hybridized carbons (Fsp3) is 0.250. The van der Waals surface area contributed by atoms with Crippen molar-refractivity contribution in [3.63, 3.8) is 0 Å². The normalized spacial score (nSPS) is 11.7. The van der Waals surface area contributed by atoms with Gasteiger partial charge in [0.15, 0.2) is 5.96 Å². The second-order valence-electron chi connectivity index (χ2n) is 6.06. The van der Waals surface area contributed by atoms with Crippen LogP contribution in [0.1, 0.15) is 11.1 Å². The summed E-state index contributed by atoms with van der Waals surface area (Å²) in [4.78, 5) is 7.35. The molecule has 0 fully saturated rings. The maximum Gasteiger partial charge on any atom is 0.190 e. The number of nitrogens with one attached hydrogen (secondary N) is 3. The Morgan fingerprint density at radius 3 is 2.38 bits per heavy atom. The molecule has 0 aliphatic carbocycles. The van der Waals surface area contributed by atoms with Gasteiger partial charge in [-0.25, -0.2) is 8.78 Å². The Hall–Kier alpha value is -2.89. The monoisotopic (exact) mass is 356 g/mol. The third-order valence-corrected chi connectivity index (χ3v) is 4.26. The molecule has 4 nitrogen and oxygen atoms in total. The van der Waals surface area contributed by atoms with Crippen molar-refractivity contribution >= 4 is 16.9 Å². The molecule has 3 aromatic rings. The van der Waals surface area contributed by atoms with Crippen LogP contribution in [0.5, 0.6) is 0 Å². The summed E-state index contributed by atoms with van der Waals surface area (Å²) in [7, 11) is 1.72. The SMILES string of the molecule is CN=C(NCCc1ccc(F)cc1)NCCc1c[nH]c2ccc(F)cc12. The minimum atomic E-state index is -0.232. The number of H-pyrrole nitrogens is 1. The van der Waals surface area contributed by atoms with E-state index in [4.69, 9.17) is 0 Å². The van der Waals surface area contributed by atoms with Gasteiger partial charge in [-0.1, -0.05) is 12.1 Å². The van der Waals surface area contributed by atoms with Gasteiger partial charge >= 0.3 is 0 Å². The standard InChI is InChI=1S/C20H22F2N4/c1-23-20(24-10-8-14-2-4-16(21)5-3-14)25-11-9-15-13-26-19-7-6-17(22)12-18(15)19/h2-7,12-13,26H,8-11H2,1H3,(H2,23,24,25). The predicted octanol–water partition coefficient (Wildman–Crippen LogP) is 3.40. The van der Waals surface area contributed by atoms with E-state index in [0.29, 0.717) is 19.0 Å². The average Bonchev–Trinajstić information content (AvgIpc) is 3.04. The van der Waals surface area contributed by atoms with Crippen molar-refractivity contribution in [2.45, 2.75) is 12.8 Å². The molecule has 0 bridgehead atoms. The molecule has 6 heteroatoms. The predicted molar refractivity (Wildman–Crippen MR) is 101 cm³/mol. The van der Waals surface area contributed by atoms with E-state index >= 15 is 0 Å². The van der Waals surface area contributed by atoms with E-state index < -0.39 is 0 Å². The van der Waals surface area contributed by atoms with Crippen molar-refractivity contribution in [2.75, 3.05) is 20.1 Å². The molecule has 2 aromatic carbocycles. The minimum absolute atomic E-state index is 0.226. The Labute approximate surface area is 151 Å². The van der Waals surface area contributed by atoms with Gasteiger partial charge < -0.3 is 15.6 Å². The Morgan fingerprint density at radius 1 is 0.962 bits per heavy atom. The molecule has 3 N–H and O–H groups in total. The first kappa shape index (κ1) is 17.9. The molecular formula is C20H22F2N4. The van der Waals surface area contributed by atoms with Crippen molar-refractivity contribution in [1.82, 2.24) is 15.6 Å². The Kier molecular flexibility index (Phi) is 5.84. The zero-order valence-corrected chi connectivity index (χ0v) is 14.7. The number of hydrogen-bond donors (Lipinski definition) is 3. The summed E-state index contributed by atoms with van der Waals surface area (Å²) < 4.78 is 26.3. The van der Waals surface area contributed by atoms with Crippen LogP contribution in [0.3, 0.4) is 0 Å². The topological polar surface area (TPSA) is 52.2 Å². The largest absolute Gasteiger partial charge is 0.361 e. The van der Waals surface area contributed by atoms with E-state index in [-0.39, 0.29) is 11.6 Å². The number of aliphatic imine (C=N–C) groups is 1. The van der Waals surface area contributed by atoms with Gasteiger partial charge in [-0.05, 0) is 54.3 Å². The first-order valence-corrected chi connectivity index (χ1v) is 8.60. The molecule has 0 unspecified atom stereocenters. The van der Waals surface area contributed by atoms with E-state index in [1.165, 1.54) is 18.2 Å². The number of rotatable bonds is 6. The Balaban J connectivity index is 1.46. The smallest absolute Gasteiger partial charge is 0.190 e. The van der Waals surface area contributed by atoms with E-state index in [0.717, 1.165) is 34.9 Å². The van der Waals surface area contributed by atoms with Gasteiger partial charge in [-0.15, -0.1) is 0 Å². The van der Waals surface area contributed by atoms with E-state index in [9.17, 15) is 8.78 Å². The maximum absolute atomic E-state index is 13.4. The van der Waals surface area contributed by atoms with Gasteiger partial charge in [0.25, 0.3) is 0 Å². The molecular weight excluding hydrogens is 334 g/mol. The van der Waals surface area contributed by atoms with E-state index in [1.807, 2.05) is 6.20 Å². The van der Waals surface area contributed by atoms with Crippen LogP contribution in [-0.4, -0.2) is 31.1 Å². The van der Waals surface area contributed by atoms with Crippen molar-refractivity contribution < 1.29 is 8.78 Å². The van der Waals surface area contributed by atoms with Gasteiger partial charge in [0, 0.05) is 37.2 Å². The van der Waals surface area contributed by atoms with Crippen LogP contribution in [0.4, 0.5) is 8.78 Å². The van der Waals surface area contributed by atoms with Gasteiger partial charge in [0.1, 0.15) is 11.6 Å². The molecule has 26 heavy (non-hydrogen) atoms. The number of benzene rings is 2. The van der Waals surface area contributed by atoms with Crippen LogP contribution >= 0.6 is 0 Å². The quantitative estimate of drug-likeness (QED) is 0.468. The summed E-state index contributed by atoms with van der Waals surface area (Å²) in [6.07, 6.45) is 3.45. The lowest BCUT2D eigenvalue weighted by atomic mass is 10.1. The highest BCUT2D eigenvalue weighted by molar-refractivity contribution is 5.83. The lowest BCUT2D eigenvalue weighted by molar-refractivity contribution is 0.626. The van der Waals surface area contributed by atoms with E-state index in [1.54, 1.807) is 31.3 Å². The van der Waals surface area contributed by atoms with Crippen molar-refractivity contribution in [1.29, 1.82) is 0 Å². The second kappa shape index (κ2) is 8.47. The number of aromatic nitrogens is 1. The lowest BCUT2D eigenvalue weighted by Crippen LogP contribution is -2.39. The number of fused-ring (bicyclic) bond motifs is 1. The summed E-state index contributed by atoms with van der Waals surface area (Å²) in [6, 6.07) is 11.2. The lowest BCUT2D eigenvalue weighted by Gasteiger charge is -2.11. The highest BCUT2D eigenvalue weighted by atomic mass is 19.1. The first-order chi connectivity index (χ1) is 12.7. The van der Waals surface area contributed by atoms with Crippen LogP contribution < -0.4 is 10.6 Å². The Bertz CT molecular complexity index is 884. The van der Waals surface area contributed by atoms with Gasteiger partial charge in [-0.3, -0.25) is 4.99 Å². The molecule has 0 aliphatic heterocycles. The van der Waals surface area contributed by atoms with E-state index in [2.05, 4.69) is 20.6 Å². The van der Waals surface area contributed by atoms with Gasteiger partial charge in [0.05, 0.1) is 0 Å². The number of halogens is 2. The summed E-state index contributed by atoms with van der Waals surface area (Å²) in [5.41, 5.74) is 3.06. The molecule has 0 aliphatic rings. The molecule has 136 valence electrons. The van der Waals surface area contributed by atoms with Crippen LogP contribution in [0, 0.1) is 11.6 Å². The highest BCUT2D eigenvalue weighted by Gasteiger charge is 2.05. The molecule has 0 amide bonds. The third kappa shape index (κ3) is 4.59. The zero-order valence-electron chi connectivity index (χ0n) is 14.7. The van der Waals surface area contributed by atoms with Crippen molar-refractivity contribution in [2.24, 2.45) is 4.99 Å². The maximum atomic E-state index is 13.4. The van der Waals surface area contributed by atoms with Gasteiger partial charge in [0.2, 0.25) is 0 Å². The molecule has 1 aromatic heterocycles. The molecule has 0 spiro atoms. The first-order valence-electron chi connectivity index (χ1n) is 8.60. The fourth-order valence-corrected chi connectivity index (χ4v) is 2.87. The minimum Gasteiger partial charge on any atom is -0.361 e. The summed E-state index contributed by atoms with van der Waals surface area (Å²) >= 11 is 0. The second-order valence-corrected chi connectivity index (χ2v) is 6.06. The molecule has 1 heterocycles. The number of guanidine groups is 1. The van der Waals surface area contributed by atoms with Crippen molar-refractivity contribution in [3.05, 3.63) is 71.4 Å². The third-order valence-electron chi connectivity index (χ3n) is 4.26. The van der Waals surface area contributed by atoms with Gasteiger partial charge in [-0.2, -0.15) is 0 Å². The molecule has 3 rings (SSSR count). The summed E-state index contributed by atoms with van der Waals surface area (Å²) in [6.45, 7) is 1.38. The summed E-state index contributed by atoms with van der Waals surface area (Å²) in [5.74, 6) is 0.249. The number of nitrogens with zero attached hydrogens (tertiary/aromatic N) is 1. The number of aromatic amines is 1.